The lowest BCUT2D eigenvalue weighted by Gasteiger charge is -2.37. The van der Waals surface area contributed by atoms with Crippen LogP contribution in [0.4, 0.5) is 5.95 Å². The Kier molecular flexibility index (Phi) is 2.11. The zero-order valence-corrected chi connectivity index (χ0v) is 11.0. The Bertz CT molecular complexity index is 568. The molecule has 5 nitrogen and oxygen atoms in total. The predicted molar refractivity (Wildman–Crippen MR) is 68.5 cm³/mol. The molecule has 1 aromatic heterocycles. The molecule has 0 radical (unpaired) electrons. The highest BCUT2D eigenvalue weighted by Gasteiger charge is 2.53. The van der Waals surface area contributed by atoms with Gasteiger partial charge in [-0.1, -0.05) is 0 Å². The number of aliphatic hydroxyl groups is 1. The van der Waals surface area contributed by atoms with Gasteiger partial charge in [0.15, 0.2) is 0 Å². The van der Waals surface area contributed by atoms with Crippen molar-refractivity contribution < 1.29 is 9.90 Å². The number of aryl methyl sites for hydroxylation is 1. The average molecular weight is 259 g/mol. The smallest absolute Gasteiger partial charge is 0.232 e. The fourth-order valence-corrected chi connectivity index (χ4v) is 3.28. The largest absolute Gasteiger partial charge is 0.385 e. The van der Waals surface area contributed by atoms with Gasteiger partial charge < -0.3 is 5.11 Å². The van der Waals surface area contributed by atoms with Crippen molar-refractivity contribution in [2.75, 3.05) is 11.4 Å². The third kappa shape index (κ3) is 1.54. The minimum atomic E-state index is -0.736. The second kappa shape index (κ2) is 3.54. The summed E-state index contributed by atoms with van der Waals surface area (Å²) in [5, 5.41) is 10.4. The first-order valence-corrected chi connectivity index (χ1v) is 6.96. The topological polar surface area (TPSA) is 66.3 Å². The number of fused-ring (bicyclic) bond motifs is 1. The number of rotatable bonds is 2. The molecule has 2 aliphatic carbocycles. The van der Waals surface area contributed by atoms with Gasteiger partial charge in [-0.25, -0.2) is 9.97 Å². The van der Waals surface area contributed by atoms with Gasteiger partial charge in [0.1, 0.15) is 0 Å². The number of nitrogens with zero attached hydrogens (tertiary/aromatic N) is 3. The molecule has 3 fully saturated rings. The zero-order valence-electron chi connectivity index (χ0n) is 11.0. The third-order valence-corrected chi connectivity index (χ3v) is 4.81. The van der Waals surface area contributed by atoms with E-state index in [1.165, 1.54) is 0 Å². The molecule has 4 rings (SSSR count). The highest BCUT2D eigenvalue weighted by atomic mass is 16.3. The molecule has 0 spiro atoms. The van der Waals surface area contributed by atoms with Crippen LogP contribution in [0.5, 0.6) is 0 Å². The van der Waals surface area contributed by atoms with Gasteiger partial charge >= 0.3 is 0 Å². The highest BCUT2D eigenvalue weighted by Crippen LogP contribution is 2.47. The van der Waals surface area contributed by atoms with Crippen molar-refractivity contribution in [1.29, 1.82) is 0 Å². The van der Waals surface area contributed by atoms with Crippen LogP contribution < -0.4 is 4.90 Å². The van der Waals surface area contributed by atoms with Gasteiger partial charge in [-0.15, -0.1) is 0 Å². The molecule has 1 N–H and O–H groups in total. The lowest BCUT2D eigenvalue weighted by molar-refractivity contribution is -0.118. The molecule has 1 aromatic rings. The van der Waals surface area contributed by atoms with E-state index in [9.17, 15) is 9.90 Å². The van der Waals surface area contributed by atoms with Crippen LogP contribution in [0, 0.1) is 18.8 Å². The van der Waals surface area contributed by atoms with Crippen LogP contribution in [0.2, 0.25) is 0 Å². The highest BCUT2D eigenvalue weighted by molar-refractivity contribution is 5.98. The Balaban J connectivity index is 1.65. The fraction of sp³-hybridized carbons (Fsp3) is 0.643. The lowest BCUT2D eigenvalue weighted by atomic mass is 9.75. The first-order chi connectivity index (χ1) is 9.08. The second-order valence-corrected chi connectivity index (χ2v) is 6.11. The number of carbonyl (C=O) groups is 1. The van der Waals surface area contributed by atoms with Crippen LogP contribution in [0.25, 0.3) is 0 Å². The van der Waals surface area contributed by atoms with Crippen molar-refractivity contribution in [2.24, 2.45) is 11.8 Å². The Morgan fingerprint density at radius 3 is 2.79 bits per heavy atom. The van der Waals surface area contributed by atoms with Crippen LogP contribution in [-0.2, 0) is 10.4 Å². The van der Waals surface area contributed by atoms with Crippen molar-refractivity contribution in [1.82, 2.24) is 9.97 Å². The molecule has 3 aliphatic rings. The fourth-order valence-electron chi connectivity index (χ4n) is 3.28. The summed E-state index contributed by atoms with van der Waals surface area (Å²) in [4.78, 5) is 22.5. The van der Waals surface area contributed by atoms with Gasteiger partial charge in [-0.3, -0.25) is 9.69 Å². The van der Waals surface area contributed by atoms with Gasteiger partial charge in [-0.05, 0) is 38.5 Å². The van der Waals surface area contributed by atoms with Crippen LogP contribution in [0.15, 0.2) is 6.20 Å². The van der Waals surface area contributed by atoms with Gasteiger partial charge in [-0.2, -0.15) is 0 Å². The third-order valence-electron chi connectivity index (χ3n) is 4.81. The molecule has 19 heavy (non-hydrogen) atoms. The van der Waals surface area contributed by atoms with Crippen molar-refractivity contribution in [2.45, 2.75) is 38.2 Å². The maximum atomic E-state index is 12.0. The Labute approximate surface area is 111 Å². The summed E-state index contributed by atoms with van der Waals surface area (Å²) in [6.07, 6.45) is 5.35. The molecule has 2 heterocycles. The molecule has 1 aliphatic heterocycles. The number of amides is 1. The zero-order chi connectivity index (χ0) is 13.2. The lowest BCUT2D eigenvalue weighted by Crippen LogP contribution is -2.36. The van der Waals surface area contributed by atoms with Crippen molar-refractivity contribution in [3.63, 3.8) is 0 Å². The Morgan fingerprint density at radius 2 is 2.26 bits per heavy atom. The number of anilines is 1. The van der Waals surface area contributed by atoms with Gasteiger partial charge in [0, 0.05) is 29.9 Å². The number of aromatic nitrogens is 2. The maximum absolute atomic E-state index is 12.0. The maximum Gasteiger partial charge on any atom is 0.232 e. The standard InChI is InChI=1S/C14H17N3O2/c1-8-11(14(19)3-2-4-14)6-15-13(16-8)17-7-9-5-10(9)12(17)18/h6,9-10,19H,2-5,7H2,1H3. The summed E-state index contributed by atoms with van der Waals surface area (Å²) in [6.45, 7) is 2.64. The molecule has 2 unspecified atom stereocenters. The van der Waals surface area contributed by atoms with E-state index in [0.717, 1.165) is 43.5 Å². The van der Waals surface area contributed by atoms with E-state index in [1.807, 2.05) is 6.92 Å². The number of carbonyl (C=O) groups excluding carboxylic acids is 1. The molecule has 2 saturated carbocycles. The van der Waals surface area contributed by atoms with Crippen molar-refractivity contribution >= 4 is 11.9 Å². The van der Waals surface area contributed by atoms with E-state index < -0.39 is 5.60 Å². The summed E-state index contributed by atoms with van der Waals surface area (Å²) >= 11 is 0. The summed E-state index contributed by atoms with van der Waals surface area (Å²) < 4.78 is 0. The second-order valence-electron chi connectivity index (χ2n) is 6.11. The van der Waals surface area contributed by atoms with Gasteiger partial charge in [0.05, 0.1) is 5.60 Å². The number of hydrogen-bond donors (Lipinski definition) is 1. The van der Waals surface area contributed by atoms with E-state index in [-0.39, 0.29) is 11.8 Å². The quantitative estimate of drug-likeness (QED) is 0.865. The van der Waals surface area contributed by atoms with E-state index >= 15 is 0 Å². The number of hydrogen-bond acceptors (Lipinski definition) is 4. The molecule has 0 aromatic carbocycles. The van der Waals surface area contributed by atoms with Crippen LogP contribution in [-0.4, -0.2) is 27.5 Å². The Morgan fingerprint density at radius 1 is 1.47 bits per heavy atom. The molecular weight excluding hydrogens is 242 g/mol. The van der Waals surface area contributed by atoms with E-state index in [2.05, 4.69) is 9.97 Å². The molecule has 5 heteroatoms. The van der Waals surface area contributed by atoms with Crippen LogP contribution >= 0.6 is 0 Å². The normalized spacial score (nSPS) is 31.1. The van der Waals surface area contributed by atoms with Gasteiger partial charge in [0.2, 0.25) is 11.9 Å². The average Bonchev–Trinajstić information content (AvgIpc) is 3.05. The van der Waals surface area contributed by atoms with E-state index in [4.69, 9.17) is 0 Å². The van der Waals surface area contributed by atoms with Crippen LogP contribution in [0.3, 0.4) is 0 Å². The first kappa shape index (κ1) is 11.3. The van der Waals surface area contributed by atoms with Gasteiger partial charge in [0.25, 0.3) is 0 Å². The molecule has 1 saturated heterocycles. The number of piperidine rings is 1. The predicted octanol–water partition coefficient (Wildman–Crippen LogP) is 1.14. The summed E-state index contributed by atoms with van der Waals surface area (Å²) in [5.74, 6) is 1.41. The van der Waals surface area contributed by atoms with Crippen LogP contribution in [0.1, 0.15) is 36.9 Å². The summed E-state index contributed by atoms with van der Waals surface area (Å²) in [7, 11) is 0. The van der Waals surface area contributed by atoms with E-state index in [0.29, 0.717) is 11.9 Å². The molecule has 2 atom stereocenters. The minimum Gasteiger partial charge on any atom is -0.385 e. The first-order valence-electron chi connectivity index (χ1n) is 6.96. The SMILES string of the molecule is Cc1nc(N2CC3CC3C2=O)ncc1C1(O)CCC1. The minimum absolute atomic E-state index is 0.166. The molecule has 100 valence electrons. The Hall–Kier alpha value is -1.49. The monoisotopic (exact) mass is 259 g/mol. The van der Waals surface area contributed by atoms with Crippen molar-refractivity contribution in [3.05, 3.63) is 17.5 Å². The van der Waals surface area contributed by atoms with E-state index in [1.54, 1.807) is 11.1 Å². The molecule has 1 amide bonds. The van der Waals surface area contributed by atoms with Crippen molar-refractivity contribution in [3.8, 4) is 0 Å². The summed E-state index contributed by atoms with van der Waals surface area (Å²) in [5.41, 5.74) is 0.875. The molecule has 0 bridgehead atoms. The molecular formula is C14H17N3O2. The summed E-state index contributed by atoms with van der Waals surface area (Å²) in [6, 6.07) is 0.